The van der Waals surface area contributed by atoms with Gasteiger partial charge in [-0.1, -0.05) is 71.6 Å². The van der Waals surface area contributed by atoms with E-state index in [9.17, 15) is 4.79 Å². The standard InChI is InChI=1S/C19H39NO3/c1-18(2)12-10-8-6-4-3-5-7-9-11-13-19(23)20(14-16-21)15-17-22/h18,21-22H,3-17H2,1-2H3. The van der Waals surface area contributed by atoms with E-state index in [0.29, 0.717) is 19.5 Å². The normalized spacial score (nSPS) is 11.2. The number of rotatable bonds is 16. The summed E-state index contributed by atoms with van der Waals surface area (Å²) in [6, 6.07) is 0. The van der Waals surface area contributed by atoms with Crippen LogP contribution in [0.1, 0.15) is 84.5 Å². The molecule has 0 aromatic rings. The third-order valence-corrected chi connectivity index (χ3v) is 4.26. The number of hydrogen-bond acceptors (Lipinski definition) is 3. The predicted octanol–water partition coefficient (Wildman–Crippen LogP) is 3.75. The highest BCUT2D eigenvalue weighted by molar-refractivity contribution is 5.76. The van der Waals surface area contributed by atoms with Crippen molar-refractivity contribution in [2.24, 2.45) is 5.92 Å². The highest BCUT2D eigenvalue weighted by Crippen LogP contribution is 2.13. The lowest BCUT2D eigenvalue weighted by Crippen LogP contribution is -2.35. The van der Waals surface area contributed by atoms with Gasteiger partial charge >= 0.3 is 0 Å². The molecule has 0 saturated heterocycles. The maximum Gasteiger partial charge on any atom is 0.222 e. The van der Waals surface area contributed by atoms with Crippen LogP contribution in [0.5, 0.6) is 0 Å². The van der Waals surface area contributed by atoms with Gasteiger partial charge in [0.15, 0.2) is 0 Å². The number of aliphatic hydroxyl groups is 2. The first kappa shape index (κ1) is 22.4. The number of carbonyl (C=O) groups excluding carboxylic acids is 1. The summed E-state index contributed by atoms with van der Waals surface area (Å²) < 4.78 is 0. The van der Waals surface area contributed by atoms with Gasteiger partial charge in [-0.05, 0) is 12.3 Å². The minimum absolute atomic E-state index is 0.0388. The van der Waals surface area contributed by atoms with Gasteiger partial charge in [0.25, 0.3) is 0 Å². The lowest BCUT2D eigenvalue weighted by molar-refractivity contribution is -0.132. The molecule has 0 heterocycles. The van der Waals surface area contributed by atoms with Crippen LogP contribution < -0.4 is 0 Å². The monoisotopic (exact) mass is 329 g/mol. The average Bonchev–Trinajstić information content (AvgIpc) is 2.51. The van der Waals surface area contributed by atoms with E-state index >= 15 is 0 Å². The third-order valence-electron chi connectivity index (χ3n) is 4.26. The number of nitrogens with zero attached hydrogens (tertiary/aromatic N) is 1. The minimum Gasteiger partial charge on any atom is -0.395 e. The van der Waals surface area contributed by atoms with Crippen molar-refractivity contribution in [3.8, 4) is 0 Å². The van der Waals surface area contributed by atoms with Crippen LogP contribution in [0.25, 0.3) is 0 Å². The van der Waals surface area contributed by atoms with E-state index in [2.05, 4.69) is 13.8 Å². The lowest BCUT2D eigenvalue weighted by Gasteiger charge is -2.20. The molecule has 0 unspecified atom stereocenters. The summed E-state index contributed by atoms with van der Waals surface area (Å²) in [6.07, 6.45) is 13.2. The quantitative estimate of drug-likeness (QED) is 0.424. The molecule has 23 heavy (non-hydrogen) atoms. The molecule has 0 rings (SSSR count). The number of aliphatic hydroxyl groups excluding tert-OH is 2. The first-order valence-corrected chi connectivity index (χ1v) is 9.61. The fourth-order valence-electron chi connectivity index (χ4n) is 2.83. The molecular formula is C19H39NO3. The molecule has 0 fully saturated rings. The fourth-order valence-corrected chi connectivity index (χ4v) is 2.83. The largest absolute Gasteiger partial charge is 0.395 e. The smallest absolute Gasteiger partial charge is 0.222 e. The SMILES string of the molecule is CC(C)CCCCCCCCCCCC(=O)N(CCO)CCO. The average molecular weight is 330 g/mol. The van der Waals surface area contributed by atoms with Gasteiger partial charge in [0.2, 0.25) is 5.91 Å². The second kappa shape index (κ2) is 16.3. The Morgan fingerprint density at radius 1 is 0.783 bits per heavy atom. The number of unbranched alkanes of at least 4 members (excludes halogenated alkanes) is 8. The van der Waals surface area contributed by atoms with Crippen LogP contribution in [0.15, 0.2) is 0 Å². The van der Waals surface area contributed by atoms with Gasteiger partial charge in [0.05, 0.1) is 13.2 Å². The topological polar surface area (TPSA) is 60.8 Å². The summed E-state index contributed by atoms with van der Waals surface area (Å²) >= 11 is 0. The molecule has 0 aromatic heterocycles. The summed E-state index contributed by atoms with van der Waals surface area (Å²) in [7, 11) is 0. The Hall–Kier alpha value is -0.610. The van der Waals surface area contributed by atoms with Crippen LogP contribution in [0.2, 0.25) is 0 Å². The van der Waals surface area contributed by atoms with Gasteiger partial charge in [-0.2, -0.15) is 0 Å². The van der Waals surface area contributed by atoms with Gasteiger partial charge in [-0.15, -0.1) is 0 Å². The van der Waals surface area contributed by atoms with Crippen LogP contribution in [0, 0.1) is 5.92 Å². The molecule has 0 atom stereocenters. The Bertz CT molecular complexity index is 263. The highest BCUT2D eigenvalue weighted by atomic mass is 16.3. The first-order chi connectivity index (χ1) is 11.1. The Labute approximate surface area is 143 Å². The van der Waals surface area contributed by atoms with Gasteiger partial charge in [0.1, 0.15) is 0 Å². The minimum atomic E-state index is -0.0388. The van der Waals surface area contributed by atoms with E-state index in [1.807, 2.05) is 0 Å². The molecule has 0 spiro atoms. The second-order valence-corrected chi connectivity index (χ2v) is 6.94. The van der Waals surface area contributed by atoms with Crippen LogP contribution in [0.4, 0.5) is 0 Å². The van der Waals surface area contributed by atoms with Crippen molar-refractivity contribution < 1.29 is 15.0 Å². The summed E-state index contributed by atoms with van der Waals surface area (Å²) in [5.74, 6) is 0.890. The molecule has 0 saturated carbocycles. The Balaban J connectivity index is 3.39. The molecule has 0 aromatic carbocycles. The molecular weight excluding hydrogens is 290 g/mol. The third kappa shape index (κ3) is 14.7. The fraction of sp³-hybridized carbons (Fsp3) is 0.947. The van der Waals surface area contributed by atoms with Crippen LogP contribution in [-0.2, 0) is 4.79 Å². The van der Waals surface area contributed by atoms with E-state index in [1.54, 1.807) is 4.90 Å². The van der Waals surface area contributed by atoms with Crippen molar-refractivity contribution in [3.05, 3.63) is 0 Å². The van der Waals surface area contributed by atoms with E-state index < -0.39 is 0 Å². The predicted molar refractivity (Wildman–Crippen MR) is 96.4 cm³/mol. The van der Waals surface area contributed by atoms with E-state index in [-0.39, 0.29) is 19.1 Å². The first-order valence-electron chi connectivity index (χ1n) is 9.61. The summed E-state index contributed by atoms with van der Waals surface area (Å²) in [4.78, 5) is 13.5. The molecule has 1 amide bonds. The van der Waals surface area contributed by atoms with Gasteiger partial charge < -0.3 is 15.1 Å². The van der Waals surface area contributed by atoms with Crippen LogP contribution in [-0.4, -0.2) is 47.3 Å². The zero-order valence-electron chi connectivity index (χ0n) is 15.4. The zero-order valence-corrected chi connectivity index (χ0v) is 15.4. The van der Waals surface area contributed by atoms with Crippen molar-refractivity contribution in [3.63, 3.8) is 0 Å². The molecule has 2 N–H and O–H groups in total. The molecule has 0 bridgehead atoms. The van der Waals surface area contributed by atoms with E-state index in [4.69, 9.17) is 10.2 Å². The van der Waals surface area contributed by atoms with Gasteiger partial charge in [-0.3, -0.25) is 4.79 Å². The summed E-state index contributed by atoms with van der Waals surface area (Å²) in [5.41, 5.74) is 0. The highest BCUT2D eigenvalue weighted by Gasteiger charge is 2.11. The number of hydrogen-bond donors (Lipinski definition) is 2. The van der Waals surface area contributed by atoms with E-state index in [1.165, 1.54) is 51.4 Å². The van der Waals surface area contributed by atoms with Gasteiger partial charge in [0, 0.05) is 19.5 Å². The maximum absolute atomic E-state index is 11.9. The van der Waals surface area contributed by atoms with Crippen molar-refractivity contribution in [2.45, 2.75) is 84.5 Å². The molecule has 4 heteroatoms. The Morgan fingerprint density at radius 2 is 1.22 bits per heavy atom. The van der Waals surface area contributed by atoms with Crippen molar-refractivity contribution in [1.29, 1.82) is 0 Å². The van der Waals surface area contributed by atoms with Crippen molar-refractivity contribution in [2.75, 3.05) is 26.3 Å². The summed E-state index contributed by atoms with van der Waals surface area (Å²) in [5, 5.41) is 17.8. The molecule has 4 nitrogen and oxygen atoms in total. The van der Waals surface area contributed by atoms with Crippen LogP contribution >= 0.6 is 0 Å². The maximum atomic E-state index is 11.9. The summed E-state index contributed by atoms with van der Waals surface area (Å²) in [6.45, 7) is 5.16. The Kier molecular flexibility index (Phi) is 15.8. The number of carbonyl (C=O) groups is 1. The molecule has 0 aliphatic carbocycles. The van der Waals surface area contributed by atoms with E-state index in [0.717, 1.165) is 18.8 Å². The van der Waals surface area contributed by atoms with Crippen LogP contribution in [0.3, 0.4) is 0 Å². The lowest BCUT2D eigenvalue weighted by atomic mass is 10.0. The molecule has 0 aliphatic heterocycles. The Morgan fingerprint density at radius 3 is 1.65 bits per heavy atom. The van der Waals surface area contributed by atoms with Gasteiger partial charge in [-0.25, -0.2) is 0 Å². The van der Waals surface area contributed by atoms with Crippen molar-refractivity contribution >= 4 is 5.91 Å². The second-order valence-electron chi connectivity index (χ2n) is 6.94. The number of amides is 1. The zero-order chi connectivity index (χ0) is 17.3. The van der Waals surface area contributed by atoms with Crippen molar-refractivity contribution in [1.82, 2.24) is 4.90 Å². The molecule has 0 radical (unpaired) electrons. The molecule has 138 valence electrons. The molecule has 0 aliphatic rings.